The van der Waals surface area contributed by atoms with Gasteiger partial charge in [0.2, 0.25) is 5.95 Å². The van der Waals surface area contributed by atoms with E-state index in [9.17, 15) is 13.2 Å². The molecule has 2 N–H and O–H groups in total. The SMILES string of the molecule is C=CCNc1nncc(Nc2ccc(C(F)(F)F)cc2)n1. The van der Waals surface area contributed by atoms with Crippen LogP contribution in [0.3, 0.4) is 0 Å². The van der Waals surface area contributed by atoms with Gasteiger partial charge >= 0.3 is 6.18 Å². The van der Waals surface area contributed by atoms with E-state index < -0.39 is 11.7 Å². The number of benzene rings is 1. The second-order valence-electron chi connectivity index (χ2n) is 4.03. The maximum Gasteiger partial charge on any atom is 0.416 e. The molecule has 8 heteroatoms. The zero-order chi connectivity index (χ0) is 15.3. The Morgan fingerprint density at radius 2 is 1.90 bits per heavy atom. The highest BCUT2D eigenvalue weighted by molar-refractivity contribution is 5.56. The van der Waals surface area contributed by atoms with Crippen molar-refractivity contribution in [2.45, 2.75) is 6.18 Å². The average Bonchev–Trinajstić information content (AvgIpc) is 2.45. The lowest BCUT2D eigenvalue weighted by atomic mass is 10.2. The van der Waals surface area contributed by atoms with Crippen LogP contribution >= 0.6 is 0 Å². The van der Waals surface area contributed by atoms with Crippen molar-refractivity contribution in [1.82, 2.24) is 15.2 Å². The van der Waals surface area contributed by atoms with E-state index in [1.165, 1.54) is 18.3 Å². The lowest BCUT2D eigenvalue weighted by Crippen LogP contribution is -2.06. The molecule has 0 aliphatic rings. The summed E-state index contributed by atoms with van der Waals surface area (Å²) in [6.07, 6.45) is -1.34. The molecule has 0 atom stereocenters. The molecule has 0 aliphatic carbocycles. The zero-order valence-corrected chi connectivity index (χ0v) is 10.9. The van der Waals surface area contributed by atoms with Crippen LogP contribution in [0.2, 0.25) is 0 Å². The number of nitrogens with one attached hydrogen (secondary N) is 2. The Bertz CT molecular complexity index is 610. The molecule has 2 rings (SSSR count). The van der Waals surface area contributed by atoms with Crippen LogP contribution in [0.25, 0.3) is 0 Å². The molecule has 0 saturated carbocycles. The monoisotopic (exact) mass is 295 g/mol. The van der Waals surface area contributed by atoms with Crippen LogP contribution in [0.15, 0.2) is 43.1 Å². The maximum atomic E-state index is 12.5. The van der Waals surface area contributed by atoms with E-state index in [4.69, 9.17) is 0 Å². The largest absolute Gasteiger partial charge is 0.416 e. The summed E-state index contributed by atoms with van der Waals surface area (Å²) in [4.78, 5) is 4.11. The normalized spacial score (nSPS) is 11.0. The molecule has 1 aromatic heterocycles. The van der Waals surface area contributed by atoms with Gasteiger partial charge in [0.05, 0.1) is 11.8 Å². The number of aromatic nitrogens is 3. The van der Waals surface area contributed by atoms with E-state index in [0.717, 1.165) is 12.1 Å². The summed E-state index contributed by atoms with van der Waals surface area (Å²) in [6, 6.07) is 4.63. The van der Waals surface area contributed by atoms with Crippen molar-refractivity contribution in [3.63, 3.8) is 0 Å². The predicted octanol–water partition coefficient (Wildman–Crippen LogP) is 3.23. The minimum Gasteiger partial charge on any atom is -0.349 e. The Labute approximate surface area is 118 Å². The minimum absolute atomic E-state index is 0.298. The smallest absolute Gasteiger partial charge is 0.349 e. The van der Waals surface area contributed by atoms with E-state index in [1.807, 2.05) is 0 Å². The molecule has 21 heavy (non-hydrogen) atoms. The van der Waals surface area contributed by atoms with Gasteiger partial charge in [-0.25, -0.2) is 0 Å². The number of alkyl halides is 3. The number of anilines is 3. The summed E-state index contributed by atoms with van der Waals surface area (Å²) < 4.78 is 37.4. The first-order chi connectivity index (χ1) is 9.99. The Kier molecular flexibility index (Phi) is 4.36. The minimum atomic E-state index is -4.35. The third-order valence-corrected chi connectivity index (χ3v) is 2.45. The van der Waals surface area contributed by atoms with Crippen LogP contribution in [-0.4, -0.2) is 21.7 Å². The van der Waals surface area contributed by atoms with Crippen molar-refractivity contribution in [3.05, 3.63) is 48.7 Å². The number of halogens is 3. The van der Waals surface area contributed by atoms with Crippen LogP contribution in [0.4, 0.5) is 30.6 Å². The lowest BCUT2D eigenvalue weighted by molar-refractivity contribution is -0.137. The first-order valence-corrected chi connectivity index (χ1v) is 5.98. The van der Waals surface area contributed by atoms with Crippen molar-refractivity contribution >= 4 is 17.5 Å². The number of hydrogen-bond acceptors (Lipinski definition) is 5. The van der Waals surface area contributed by atoms with Crippen molar-refractivity contribution < 1.29 is 13.2 Å². The summed E-state index contributed by atoms with van der Waals surface area (Å²) in [6.45, 7) is 4.03. The van der Waals surface area contributed by atoms with Crippen molar-refractivity contribution in [2.75, 3.05) is 17.2 Å². The van der Waals surface area contributed by atoms with Crippen LogP contribution in [0.5, 0.6) is 0 Å². The molecule has 0 saturated heterocycles. The van der Waals surface area contributed by atoms with Gasteiger partial charge in [0.15, 0.2) is 5.82 Å². The molecule has 0 unspecified atom stereocenters. The van der Waals surface area contributed by atoms with E-state index in [0.29, 0.717) is 24.0 Å². The molecule has 0 bridgehead atoms. The third-order valence-electron chi connectivity index (χ3n) is 2.45. The molecule has 0 fully saturated rings. The Morgan fingerprint density at radius 1 is 1.19 bits per heavy atom. The highest BCUT2D eigenvalue weighted by Crippen LogP contribution is 2.30. The van der Waals surface area contributed by atoms with Crippen molar-refractivity contribution in [1.29, 1.82) is 0 Å². The fraction of sp³-hybridized carbons (Fsp3) is 0.154. The summed E-state index contributed by atoms with van der Waals surface area (Å²) in [5, 5.41) is 13.2. The van der Waals surface area contributed by atoms with Crippen LogP contribution in [0, 0.1) is 0 Å². The van der Waals surface area contributed by atoms with Gasteiger partial charge in [-0.2, -0.15) is 23.3 Å². The summed E-state index contributed by atoms with van der Waals surface area (Å²) in [7, 11) is 0. The number of hydrogen-bond donors (Lipinski definition) is 2. The zero-order valence-electron chi connectivity index (χ0n) is 10.9. The third kappa shape index (κ3) is 4.16. The average molecular weight is 295 g/mol. The standard InChI is InChI=1S/C13H12F3N5/c1-2-7-17-12-20-11(8-18-21-12)19-10-5-3-9(4-6-10)13(14,15)16/h2-6,8H,1,7H2,(H2,17,19,20,21). The fourth-order valence-electron chi connectivity index (χ4n) is 1.49. The molecular formula is C13H12F3N5. The topological polar surface area (TPSA) is 62.7 Å². The van der Waals surface area contributed by atoms with E-state index in [1.54, 1.807) is 6.08 Å². The van der Waals surface area contributed by atoms with Gasteiger partial charge < -0.3 is 10.6 Å². The molecule has 0 amide bonds. The molecule has 0 aliphatic heterocycles. The summed E-state index contributed by atoms with van der Waals surface area (Å²) in [5.41, 5.74) is -0.236. The first kappa shape index (κ1) is 14.8. The number of nitrogens with zero attached hydrogens (tertiary/aromatic N) is 3. The van der Waals surface area contributed by atoms with Crippen LogP contribution in [-0.2, 0) is 6.18 Å². The van der Waals surface area contributed by atoms with Crippen molar-refractivity contribution in [3.8, 4) is 0 Å². The Hall–Kier alpha value is -2.64. The van der Waals surface area contributed by atoms with Crippen molar-refractivity contribution in [2.24, 2.45) is 0 Å². The Morgan fingerprint density at radius 3 is 2.52 bits per heavy atom. The van der Waals surface area contributed by atoms with Gasteiger partial charge in [-0.15, -0.1) is 11.7 Å². The maximum absolute atomic E-state index is 12.5. The quantitative estimate of drug-likeness (QED) is 0.829. The summed E-state index contributed by atoms with van der Waals surface area (Å²) in [5.74, 6) is 0.670. The second kappa shape index (κ2) is 6.21. The molecule has 1 heterocycles. The Balaban J connectivity index is 2.09. The predicted molar refractivity (Wildman–Crippen MR) is 73.2 cm³/mol. The summed E-state index contributed by atoms with van der Waals surface area (Å²) >= 11 is 0. The fourth-order valence-corrected chi connectivity index (χ4v) is 1.49. The van der Waals surface area contributed by atoms with Gasteiger partial charge in [-0.1, -0.05) is 6.08 Å². The van der Waals surface area contributed by atoms with Gasteiger partial charge in [0, 0.05) is 12.2 Å². The second-order valence-corrected chi connectivity index (χ2v) is 4.03. The lowest BCUT2D eigenvalue weighted by Gasteiger charge is -2.09. The first-order valence-electron chi connectivity index (χ1n) is 5.98. The molecular weight excluding hydrogens is 283 g/mol. The molecule has 5 nitrogen and oxygen atoms in total. The van der Waals surface area contributed by atoms with Gasteiger partial charge in [0.25, 0.3) is 0 Å². The van der Waals surface area contributed by atoms with E-state index >= 15 is 0 Å². The highest BCUT2D eigenvalue weighted by Gasteiger charge is 2.29. The van der Waals surface area contributed by atoms with Gasteiger partial charge in [-0.3, -0.25) is 0 Å². The molecule has 110 valence electrons. The van der Waals surface area contributed by atoms with Crippen LogP contribution < -0.4 is 10.6 Å². The number of rotatable bonds is 5. The van der Waals surface area contributed by atoms with Gasteiger partial charge in [0.1, 0.15) is 0 Å². The molecule has 1 aromatic carbocycles. The van der Waals surface area contributed by atoms with Gasteiger partial charge in [-0.05, 0) is 24.3 Å². The molecule has 0 radical (unpaired) electrons. The van der Waals surface area contributed by atoms with Crippen LogP contribution in [0.1, 0.15) is 5.56 Å². The molecule has 0 spiro atoms. The van der Waals surface area contributed by atoms with E-state index in [2.05, 4.69) is 32.4 Å². The van der Waals surface area contributed by atoms with E-state index in [-0.39, 0.29) is 0 Å². The molecule has 2 aromatic rings. The highest BCUT2D eigenvalue weighted by atomic mass is 19.4.